The second-order valence-electron chi connectivity index (χ2n) is 3.27. The van der Waals surface area contributed by atoms with E-state index in [2.05, 4.69) is 16.0 Å². The second-order valence-corrected chi connectivity index (χ2v) is 3.27. The third-order valence-corrected chi connectivity index (χ3v) is 1.99. The first-order valence-electron chi connectivity index (χ1n) is 4.34. The Bertz CT molecular complexity index is 195. The highest BCUT2D eigenvalue weighted by molar-refractivity contribution is 5.75. The van der Waals surface area contributed by atoms with Crippen LogP contribution in [0.5, 0.6) is 0 Å². The zero-order chi connectivity index (χ0) is 9.84. The maximum Gasteiger partial charge on any atom is 0.217 e. The molecule has 0 aromatic carbocycles. The Hall–Kier alpha value is -1.10. The average Bonchev–Trinajstić information content (AvgIpc) is 2.34. The molecule has 13 heavy (non-hydrogen) atoms. The number of hydrogen-bond acceptors (Lipinski definition) is 3. The minimum absolute atomic E-state index is 0.0152. The fourth-order valence-corrected chi connectivity index (χ4v) is 1.50. The Morgan fingerprint density at radius 3 is 1.77 bits per heavy atom. The third kappa shape index (κ3) is 3.02. The van der Waals surface area contributed by atoms with Crippen molar-refractivity contribution in [1.29, 1.82) is 0 Å². The number of carbonyl (C=O) groups excluding carboxylic acids is 2. The molecule has 2 atom stereocenters. The predicted molar refractivity (Wildman–Crippen MR) is 48.1 cm³/mol. The maximum absolute atomic E-state index is 10.8. The van der Waals surface area contributed by atoms with Gasteiger partial charge in [-0.05, 0) is 0 Å². The summed E-state index contributed by atoms with van der Waals surface area (Å²) >= 11 is 0. The van der Waals surface area contributed by atoms with Crippen LogP contribution in [0, 0.1) is 0 Å². The van der Waals surface area contributed by atoms with Gasteiger partial charge in [-0.25, -0.2) is 0 Å². The van der Waals surface area contributed by atoms with Gasteiger partial charge in [0, 0.05) is 26.9 Å². The molecular formula is C8H15N3O2. The number of carbonyl (C=O) groups is 2. The van der Waals surface area contributed by atoms with Crippen LogP contribution in [0.25, 0.3) is 0 Å². The SMILES string of the molecule is CC(=O)N[C@@H]1CNC[C@H]1NC(C)=O. The Morgan fingerprint density at radius 2 is 1.46 bits per heavy atom. The highest BCUT2D eigenvalue weighted by Crippen LogP contribution is 1.99. The van der Waals surface area contributed by atoms with Crippen LogP contribution in [-0.4, -0.2) is 37.0 Å². The molecule has 1 aliphatic heterocycles. The summed E-state index contributed by atoms with van der Waals surface area (Å²) < 4.78 is 0. The number of hydrogen-bond donors (Lipinski definition) is 3. The van der Waals surface area contributed by atoms with E-state index in [9.17, 15) is 9.59 Å². The Labute approximate surface area is 77.3 Å². The van der Waals surface area contributed by atoms with E-state index >= 15 is 0 Å². The van der Waals surface area contributed by atoms with Gasteiger partial charge in [-0.15, -0.1) is 0 Å². The average molecular weight is 185 g/mol. The van der Waals surface area contributed by atoms with E-state index in [-0.39, 0.29) is 23.9 Å². The Balaban J connectivity index is 2.43. The van der Waals surface area contributed by atoms with Crippen molar-refractivity contribution in [1.82, 2.24) is 16.0 Å². The molecule has 0 radical (unpaired) electrons. The smallest absolute Gasteiger partial charge is 0.217 e. The quantitative estimate of drug-likeness (QED) is 0.495. The van der Waals surface area contributed by atoms with Gasteiger partial charge in [0.15, 0.2) is 0 Å². The first-order valence-corrected chi connectivity index (χ1v) is 4.34. The molecule has 0 saturated carbocycles. The van der Waals surface area contributed by atoms with Gasteiger partial charge in [0.25, 0.3) is 0 Å². The third-order valence-electron chi connectivity index (χ3n) is 1.99. The molecule has 5 nitrogen and oxygen atoms in total. The van der Waals surface area contributed by atoms with Crippen molar-refractivity contribution in [3.8, 4) is 0 Å². The molecule has 74 valence electrons. The van der Waals surface area contributed by atoms with Crippen LogP contribution in [0.15, 0.2) is 0 Å². The van der Waals surface area contributed by atoms with Crippen molar-refractivity contribution in [2.24, 2.45) is 0 Å². The van der Waals surface area contributed by atoms with Crippen LogP contribution in [0.4, 0.5) is 0 Å². The van der Waals surface area contributed by atoms with Crippen LogP contribution < -0.4 is 16.0 Å². The van der Waals surface area contributed by atoms with E-state index in [1.807, 2.05) is 0 Å². The maximum atomic E-state index is 10.8. The molecule has 0 aromatic heterocycles. The summed E-state index contributed by atoms with van der Waals surface area (Å²) in [6.07, 6.45) is 0. The summed E-state index contributed by atoms with van der Waals surface area (Å²) in [6, 6.07) is 0.0304. The summed E-state index contributed by atoms with van der Waals surface area (Å²) in [5.41, 5.74) is 0. The van der Waals surface area contributed by atoms with Crippen LogP contribution in [0.3, 0.4) is 0 Å². The van der Waals surface area contributed by atoms with E-state index in [0.717, 1.165) is 0 Å². The lowest BCUT2D eigenvalue weighted by molar-refractivity contribution is -0.122. The number of rotatable bonds is 2. The van der Waals surface area contributed by atoms with E-state index in [4.69, 9.17) is 0 Å². The normalized spacial score (nSPS) is 26.9. The summed E-state index contributed by atoms with van der Waals surface area (Å²) in [5, 5.41) is 8.67. The summed E-state index contributed by atoms with van der Waals surface area (Å²) in [4.78, 5) is 21.6. The lowest BCUT2D eigenvalue weighted by atomic mass is 10.1. The van der Waals surface area contributed by atoms with Crippen molar-refractivity contribution in [3.05, 3.63) is 0 Å². The van der Waals surface area contributed by atoms with Crippen molar-refractivity contribution in [2.45, 2.75) is 25.9 Å². The van der Waals surface area contributed by atoms with E-state index in [1.54, 1.807) is 0 Å². The van der Waals surface area contributed by atoms with E-state index in [1.165, 1.54) is 13.8 Å². The van der Waals surface area contributed by atoms with Crippen LogP contribution in [0.2, 0.25) is 0 Å². The zero-order valence-corrected chi connectivity index (χ0v) is 7.89. The number of amides is 2. The van der Waals surface area contributed by atoms with Gasteiger partial charge in [0.05, 0.1) is 12.1 Å². The van der Waals surface area contributed by atoms with Gasteiger partial charge in [-0.1, -0.05) is 0 Å². The molecule has 0 unspecified atom stereocenters. The molecule has 0 spiro atoms. The lowest BCUT2D eigenvalue weighted by Gasteiger charge is -2.19. The van der Waals surface area contributed by atoms with E-state index in [0.29, 0.717) is 13.1 Å². The first-order chi connectivity index (χ1) is 6.09. The molecule has 0 aliphatic carbocycles. The summed E-state index contributed by atoms with van der Waals surface area (Å²) in [7, 11) is 0. The summed E-state index contributed by atoms with van der Waals surface area (Å²) in [5.74, 6) is -0.131. The Kier molecular flexibility index (Phi) is 3.25. The molecule has 5 heteroatoms. The minimum atomic E-state index is -0.0657. The molecule has 0 bridgehead atoms. The topological polar surface area (TPSA) is 70.2 Å². The van der Waals surface area contributed by atoms with E-state index < -0.39 is 0 Å². The Morgan fingerprint density at radius 1 is 1.08 bits per heavy atom. The molecule has 1 saturated heterocycles. The molecule has 1 heterocycles. The van der Waals surface area contributed by atoms with Crippen molar-refractivity contribution in [3.63, 3.8) is 0 Å². The highest BCUT2D eigenvalue weighted by atomic mass is 16.2. The molecule has 3 N–H and O–H groups in total. The van der Waals surface area contributed by atoms with Gasteiger partial charge in [-0.3, -0.25) is 9.59 Å². The lowest BCUT2D eigenvalue weighted by Crippen LogP contribution is -2.49. The van der Waals surface area contributed by atoms with Crippen molar-refractivity contribution < 1.29 is 9.59 Å². The summed E-state index contributed by atoms with van der Waals surface area (Å²) in [6.45, 7) is 4.38. The van der Waals surface area contributed by atoms with Gasteiger partial charge < -0.3 is 16.0 Å². The van der Waals surface area contributed by atoms with Crippen LogP contribution in [-0.2, 0) is 9.59 Å². The number of nitrogens with one attached hydrogen (secondary N) is 3. The molecule has 1 aliphatic rings. The fourth-order valence-electron chi connectivity index (χ4n) is 1.50. The molecule has 2 amide bonds. The van der Waals surface area contributed by atoms with Gasteiger partial charge >= 0.3 is 0 Å². The van der Waals surface area contributed by atoms with Gasteiger partial charge in [-0.2, -0.15) is 0 Å². The molecular weight excluding hydrogens is 170 g/mol. The van der Waals surface area contributed by atoms with Crippen LogP contribution >= 0.6 is 0 Å². The van der Waals surface area contributed by atoms with Gasteiger partial charge in [0.1, 0.15) is 0 Å². The minimum Gasteiger partial charge on any atom is -0.350 e. The fraction of sp³-hybridized carbons (Fsp3) is 0.750. The molecule has 1 fully saturated rings. The molecule has 1 rings (SSSR count). The monoisotopic (exact) mass is 185 g/mol. The van der Waals surface area contributed by atoms with Gasteiger partial charge in [0.2, 0.25) is 11.8 Å². The predicted octanol–water partition coefficient (Wildman–Crippen LogP) is -1.40. The largest absolute Gasteiger partial charge is 0.350 e. The van der Waals surface area contributed by atoms with Crippen molar-refractivity contribution in [2.75, 3.05) is 13.1 Å². The standard InChI is InChI=1S/C8H15N3O2/c1-5(12)10-7-3-9-4-8(7)11-6(2)13/h7-9H,3-4H2,1-2H3,(H,10,12)(H,11,13)/t7-,8-/m1/s1. The van der Waals surface area contributed by atoms with Crippen LogP contribution in [0.1, 0.15) is 13.8 Å². The zero-order valence-electron chi connectivity index (χ0n) is 7.89. The first kappa shape index (κ1) is 9.98. The second kappa shape index (κ2) is 4.23. The molecule has 0 aromatic rings. The highest BCUT2D eigenvalue weighted by Gasteiger charge is 2.27. The van der Waals surface area contributed by atoms with Crippen molar-refractivity contribution >= 4 is 11.8 Å².